The maximum absolute atomic E-state index is 12.8. The number of rotatable bonds is 2. The predicted molar refractivity (Wildman–Crippen MR) is 76.0 cm³/mol. The van der Waals surface area contributed by atoms with Gasteiger partial charge in [0.25, 0.3) is 0 Å². The van der Waals surface area contributed by atoms with Gasteiger partial charge < -0.3 is 25.8 Å². The van der Waals surface area contributed by atoms with Gasteiger partial charge in [0.15, 0.2) is 11.5 Å². The van der Waals surface area contributed by atoms with Gasteiger partial charge in [-0.1, -0.05) is 0 Å². The molecule has 2 aromatic carbocycles. The van der Waals surface area contributed by atoms with Crippen molar-refractivity contribution in [1.82, 2.24) is 0 Å². The van der Waals surface area contributed by atoms with E-state index in [0.29, 0.717) is 28.6 Å². The van der Waals surface area contributed by atoms with Gasteiger partial charge >= 0.3 is 6.03 Å². The third-order valence-electron chi connectivity index (χ3n) is 2.90. The summed E-state index contributed by atoms with van der Waals surface area (Å²) in [5.74, 6) is 0.680. The number of urea groups is 1. The molecule has 2 amide bonds. The lowest BCUT2D eigenvalue weighted by atomic mass is 10.2. The quantitative estimate of drug-likeness (QED) is 0.742. The smallest absolute Gasteiger partial charge is 0.323 e. The van der Waals surface area contributed by atoms with E-state index in [0.717, 1.165) is 0 Å². The predicted octanol–water partition coefficient (Wildman–Crippen LogP) is 2.78. The molecule has 7 heteroatoms. The molecule has 0 saturated carbocycles. The fourth-order valence-electron chi connectivity index (χ4n) is 1.88. The van der Waals surface area contributed by atoms with Gasteiger partial charge in [-0.05, 0) is 24.3 Å². The van der Waals surface area contributed by atoms with Crippen LogP contribution in [0.25, 0.3) is 0 Å². The summed E-state index contributed by atoms with van der Waals surface area (Å²) in [4.78, 5) is 11.9. The molecule has 2 aromatic rings. The van der Waals surface area contributed by atoms with Crippen LogP contribution >= 0.6 is 0 Å². The van der Waals surface area contributed by atoms with Crippen LogP contribution < -0.4 is 25.8 Å². The van der Waals surface area contributed by atoms with E-state index in [1.54, 1.807) is 12.1 Å². The molecule has 1 aliphatic heterocycles. The lowest BCUT2D eigenvalue weighted by molar-refractivity contribution is 0.174. The second kappa shape index (κ2) is 5.20. The Morgan fingerprint density at radius 1 is 1.10 bits per heavy atom. The number of ether oxygens (including phenoxy) is 2. The van der Waals surface area contributed by atoms with Crippen molar-refractivity contribution in [3.05, 3.63) is 42.2 Å². The lowest BCUT2D eigenvalue weighted by Crippen LogP contribution is -2.20. The van der Waals surface area contributed by atoms with Gasteiger partial charge in [-0.3, -0.25) is 0 Å². The number of nitrogens with two attached hydrogens (primary N) is 1. The van der Waals surface area contributed by atoms with Crippen molar-refractivity contribution in [3.63, 3.8) is 0 Å². The highest BCUT2D eigenvalue weighted by Crippen LogP contribution is 2.38. The molecule has 0 bridgehead atoms. The zero-order chi connectivity index (χ0) is 14.8. The molecule has 0 unspecified atom stereocenters. The number of carbonyl (C=O) groups excluding carboxylic acids is 1. The summed E-state index contributed by atoms with van der Waals surface area (Å²) in [5, 5.41) is 5.17. The van der Waals surface area contributed by atoms with Crippen molar-refractivity contribution in [2.24, 2.45) is 0 Å². The summed E-state index contributed by atoms with van der Waals surface area (Å²) in [6, 6.07) is 8.09. The van der Waals surface area contributed by atoms with Crippen LogP contribution in [-0.2, 0) is 0 Å². The van der Waals surface area contributed by atoms with E-state index in [2.05, 4.69) is 10.6 Å². The number of amides is 2. The molecule has 3 rings (SSSR count). The average molecular weight is 289 g/mol. The maximum Gasteiger partial charge on any atom is 0.323 e. The normalized spacial score (nSPS) is 12.0. The van der Waals surface area contributed by atoms with Crippen LogP contribution in [0.2, 0.25) is 0 Å². The SMILES string of the molecule is Nc1cc2c(cc1NC(=O)Nc1ccc(F)cc1)OCO2. The highest BCUT2D eigenvalue weighted by Gasteiger charge is 2.17. The van der Waals surface area contributed by atoms with Gasteiger partial charge in [0.1, 0.15) is 5.82 Å². The highest BCUT2D eigenvalue weighted by atomic mass is 19.1. The van der Waals surface area contributed by atoms with Gasteiger partial charge in [0.2, 0.25) is 6.79 Å². The molecule has 1 aliphatic rings. The number of fused-ring (bicyclic) bond motifs is 1. The number of carbonyl (C=O) groups is 1. The number of anilines is 3. The minimum absolute atomic E-state index is 0.125. The van der Waals surface area contributed by atoms with Crippen LogP contribution in [0.4, 0.5) is 26.2 Å². The van der Waals surface area contributed by atoms with Gasteiger partial charge in [-0.15, -0.1) is 0 Å². The third-order valence-corrected chi connectivity index (χ3v) is 2.90. The number of halogens is 1. The number of nitrogen functional groups attached to an aromatic ring is 1. The van der Waals surface area contributed by atoms with E-state index in [1.165, 1.54) is 24.3 Å². The Bertz CT molecular complexity index is 689. The molecule has 1 heterocycles. The van der Waals surface area contributed by atoms with Gasteiger partial charge in [-0.2, -0.15) is 0 Å². The van der Waals surface area contributed by atoms with Crippen LogP contribution in [0.15, 0.2) is 36.4 Å². The fourth-order valence-corrected chi connectivity index (χ4v) is 1.88. The van der Waals surface area contributed by atoms with Crippen molar-refractivity contribution in [2.75, 3.05) is 23.2 Å². The van der Waals surface area contributed by atoms with Crippen LogP contribution in [0.3, 0.4) is 0 Å². The lowest BCUT2D eigenvalue weighted by Gasteiger charge is -2.10. The topological polar surface area (TPSA) is 85.6 Å². The van der Waals surface area contributed by atoms with Crippen LogP contribution in [0.1, 0.15) is 0 Å². The second-order valence-electron chi connectivity index (χ2n) is 4.38. The Kier molecular flexibility index (Phi) is 3.23. The molecule has 0 atom stereocenters. The Labute approximate surface area is 119 Å². The summed E-state index contributed by atoms with van der Waals surface area (Å²) in [6.45, 7) is 0.125. The van der Waals surface area contributed by atoms with Crippen LogP contribution in [0, 0.1) is 5.82 Å². The van der Waals surface area contributed by atoms with Crippen molar-refractivity contribution >= 4 is 23.1 Å². The van der Waals surface area contributed by atoms with Crippen LogP contribution in [-0.4, -0.2) is 12.8 Å². The molecule has 108 valence electrons. The number of nitrogens with one attached hydrogen (secondary N) is 2. The molecule has 0 saturated heterocycles. The Morgan fingerprint density at radius 2 is 1.76 bits per heavy atom. The Hall–Kier alpha value is -2.96. The van der Waals surface area contributed by atoms with Crippen molar-refractivity contribution in [1.29, 1.82) is 0 Å². The summed E-state index contributed by atoms with van der Waals surface area (Å²) >= 11 is 0. The summed E-state index contributed by atoms with van der Waals surface area (Å²) in [6.07, 6.45) is 0. The first-order valence-corrected chi connectivity index (χ1v) is 6.14. The maximum atomic E-state index is 12.8. The second-order valence-corrected chi connectivity index (χ2v) is 4.38. The Balaban J connectivity index is 1.71. The minimum atomic E-state index is -0.493. The first-order chi connectivity index (χ1) is 10.1. The third kappa shape index (κ3) is 2.81. The van der Waals surface area contributed by atoms with Crippen molar-refractivity contribution < 1.29 is 18.7 Å². The number of benzene rings is 2. The largest absolute Gasteiger partial charge is 0.454 e. The fraction of sp³-hybridized carbons (Fsp3) is 0.0714. The van der Waals surface area contributed by atoms with Crippen LogP contribution in [0.5, 0.6) is 11.5 Å². The molecule has 6 nitrogen and oxygen atoms in total. The monoisotopic (exact) mass is 289 g/mol. The Morgan fingerprint density at radius 3 is 2.48 bits per heavy atom. The summed E-state index contributed by atoms with van der Waals surface area (Å²) < 4.78 is 23.2. The van der Waals surface area contributed by atoms with E-state index in [4.69, 9.17) is 15.2 Å². The van der Waals surface area contributed by atoms with E-state index in [9.17, 15) is 9.18 Å². The zero-order valence-electron chi connectivity index (χ0n) is 10.9. The molecule has 0 radical (unpaired) electrons. The van der Waals surface area contributed by atoms with E-state index in [1.807, 2.05) is 0 Å². The number of hydrogen-bond acceptors (Lipinski definition) is 4. The molecule has 21 heavy (non-hydrogen) atoms. The molecule has 0 aliphatic carbocycles. The molecule has 0 fully saturated rings. The molecular weight excluding hydrogens is 277 g/mol. The first kappa shape index (κ1) is 13.0. The van der Waals surface area contributed by atoms with Crippen molar-refractivity contribution in [3.8, 4) is 11.5 Å². The average Bonchev–Trinajstić information content (AvgIpc) is 2.89. The van der Waals surface area contributed by atoms with Gasteiger partial charge in [-0.25, -0.2) is 9.18 Å². The molecule has 4 N–H and O–H groups in total. The zero-order valence-corrected chi connectivity index (χ0v) is 10.9. The molecule has 0 aromatic heterocycles. The molecule has 0 spiro atoms. The summed E-state index contributed by atoms with van der Waals surface area (Å²) in [7, 11) is 0. The van der Waals surface area contributed by atoms with E-state index in [-0.39, 0.29) is 12.6 Å². The highest BCUT2D eigenvalue weighted by molar-refractivity contribution is 6.01. The summed E-state index contributed by atoms with van der Waals surface area (Å²) in [5.41, 5.74) is 7.05. The molecular formula is C14H12FN3O3. The van der Waals surface area contributed by atoms with Gasteiger partial charge in [0, 0.05) is 17.8 Å². The van der Waals surface area contributed by atoms with E-state index >= 15 is 0 Å². The van der Waals surface area contributed by atoms with Gasteiger partial charge in [0.05, 0.1) is 11.4 Å². The number of hydrogen-bond donors (Lipinski definition) is 3. The van der Waals surface area contributed by atoms with E-state index < -0.39 is 6.03 Å². The van der Waals surface area contributed by atoms with Crippen molar-refractivity contribution in [2.45, 2.75) is 0 Å². The first-order valence-electron chi connectivity index (χ1n) is 6.14. The minimum Gasteiger partial charge on any atom is -0.454 e. The standard InChI is InChI=1S/C14H12FN3O3/c15-8-1-3-9(4-2-8)17-14(19)18-11-6-13-12(5-10(11)16)20-7-21-13/h1-6H,7,16H2,(H2,17,18,19).